The Bertz CT molecular complexity index is 403. The molecule has 0 fully saturated rings. The van der Waals surface area contributed by atoms with Gasteiger partial charge in [-0.15, -0.1) is 0 Å². The number of rotatable bonds is 7. The van der Waals surface area contributed by atoms with Gasteiger partial charge in [-0.1, -0.05) is 32.4 Å². The molecule has 0 saturated carbocycles. The molecule has 0 aromatic heterocycles. The van der Waals surface area contributed by atoms with Gasteiger partial charge < -0.3 is 14.8 Å². The van der Waals surface area contributed by atoms with Gasteiger partial charge in [-0.05, 0) is 30.2 Å². The summed E-state index contributed by atoms with van der Waals surface area (Å²) in [6.07, 6.45) is 2.21. The van der Waals surface area contributed by atoms with Crippen molar-refractivity contribution in [2.75, 3.05) is 27.3 Å². The number of hydrogen-bond donors (Lipinski definition) is 1. The van der Waals surface area contributed by atoms with Crippen LogP contribution in [0.4, 0.5) is 0 Å². The van der Waals surface area contributed by atoms with Crippen LogP contribution < -0.4 is 14.8 Å². The smallest absolute Gasteiger partial charge is 0.123 e. The zero-order chi connectivity index (χ0) is 14.3. The van der Waals surface area contributed by atoms with E-state index in [1.807, 2.05) is 18.2 Å². The lowest BCUT2D eigenvalue weighted by Gasteiger charge is -2.13. The molecule has 1 rings (SSSR count). The fourth-order valence-corrected chi connectivity index (χ4v) is 1.82. The highest BCUT2D eigenvalue weighted by molar-refractivity contribution is 5.58. The van der Waals surface area contributed by atoms with Crippen molar-refractivity contribution in [3.63, 3.8) is 0 Å². The van der Waals surface area contributed by atoms with Crippen LogP contribution in [0, 0.1) is 5.92 Å². The van der Waals surface area contributed by atoms with Crippen LogP contribution in [0.2, 0.25) is 0 Å². The van der Waals surface area contributed by atoms with Gasteiger partial charge in [0, 0.05) is 12.6 Å². The molecule has 0 heterocycles. The van der Waals surface area contributed by atoms with Gasteiger partial charge in [-0.3, -0.25) is 0 Å². The van der Waals surface area contributed by atoms with Crippen LogP contribution in [0.1, 0.15) is 26.3 Å². The number of benzene rings is 1. The normalized spacial score (nSPS) is 11.8. The topological polar surface area (TPSA) is 30.5 Å². The van der Waals surface area contributed by atoms with E-state index in [1.165, 1.54) is 5.57 Å². The zero-order valence-corrected chi connectivity index (χ0v) is 12.6. The fraction of sp³-hybridized carbons (Fsp3) is 0.500. The Morgan fingerprint density at radius 3 is 2.16 bits per heavy atom. The molecule has 0 bridgehead atoms. The Hall–Kier alpha value is -1.48. The third-order valence-electron chi connectivity index (χ3n) is 3.05. The lowest BCUT2D eigenvalue weighted by molar-refractivity contribution is 0.394. The number of hydrogen-bond acceptors (Lipinski definition) is 3. The third kappa shape index (κ3) is 4.95. The van der Waals surface area contributed by atoms with Crippen molar-refractivity contribution in [2.45, 2.75) is 20.8 Å². The van der Waals surface area contributed by atoms with Crippen molar-refractivity contribution in [3.8, 4) is 11.5 Å². The maximum absolute atomic E-state index is 5.30. The summed E-state index contributed by atoms with van der Waals surface area (Å²) in [7, 11) is 3.34. The van der Waals surface area contributed by atoms with E-state index in [4.69, 9.17) is 9.47 Å². The number of likely N-dealkylation sites (N-methyl/N-ethyl adjacent to an activating group) is 1. The molecule has 0 atom stereocenters. The van der Waals surface area contributed by atoms with Crippen LogP contribution in [0.25, 0.3) is 6.08 Å². The van der Waals surface area contributed by atoms with E-state index in [1.54, 1.807) is 14.2 Å². The Kier molecular flexibility index (Phi) is 6.43. The number of ether oxygens (including phenoxy) is 2. The SMILES string of the molecule is CCNCC(=Cc1cc(OC)cc(OC)c1)C(C)C. The molecule has 3 heteroatoms. The lowest BCUT2D eigenvalue weighted by atomic mass is 10.00. The first-order valence-corrected chi connectivity index (χ1v) is 6.75. The van der Waals surface area contributed by atoms with E-state index in [0.717, 1.165) is 30.2 Å². The summed E-state index contributed by atoms with van der Waals surface area (Å²) < 4.78 is 10.6. The molecule has 19 heavy (non-hydrogen) atoms. The average Bonchev–Trinajstić information content (AvgIpc) is 2.42. The summed E-state index contributed by atoms with van der Waals surface area (Å²) in [4.78, 5) is 0. The van der Waals surface area contributed by atoms with Gasteiger partial charge in [0.15, 0.2) is 0 Å². The van der Waals surface area contributed by atoms with E-state index in [0.29, 0.717) is 5.92 Å². The predicted octanol–water partition coefficient (Wildman–Crippen LogP) is 3.35. The van der Waals surface area contributed by atoms with E-state index in [9.17, 15) is 0 Å². The van der Waals surface area contributed by atoms with E-state index >= 15 is 0 Å². The molecule has 0 aliphatic carbocycles. The van der Waals surface area contributed by atoms with Gasteiger partial charge in [0.2, 0.25) is 0 Å². The molecule has 106 valence electrons. The van der Waals surface area contributed by atoms with Crippen molar-refractivity contribution < 1.29 is 9.47 Å². The van der Waals surface area contributed by atoms with Crippen LogP contribution in [0.15, 0.2) is 23.8 Å². The summed E-state index contributed by atoms with van der Waals surface area (Å²) in [5.41, 5.74) is 2.48. The Morgan fingerprint density at radius 2 is 1.74 bits per heavy atom. The molecule has 1 aromatic carbocycles. The van der Waals surface area contributed by atoms with Crippen LogP contribution in [-0.4, -0.2) is 27.3 Å². The van der Waals surface area contributed by atoms with Gasteiger partial charge in [0.25, 0.3) is 0 Å². The second-order valence-corrected chi connectivity index (χ2v) is 4.80. The van der Waals surface area contributed by atoms with Crippen molar-refractivity contribution in [2.24, 2.45) is 5.92 Å². The van der Waals surface area contributed by atoms with Gasteiger partial charge in [-0.2, -0.15) is 0 Å². The maximum Gasteiger partial charge on any atom is 0.123 e. The Morgan fingerprint density at radius 1 is 1.16 bits per heavy atom. The van der Waals surface area contributed by atoms with Crippen molar-refractivity contribution >= 4 is 6.08 Å². The molecule has 0 spiro atoms. The summed E-state index contributed by atoms with van der Waals surface area (Å²) in [6.45, 7) is 8.42. The summed E-state index contributed by atoms with van der Waals surface area (Å²) >= 11 is 0. The lowest BCUT2D eigenvalue weighted by Crippen LogP contribution is -2.18. The minimum atomic E-state index is 0.510. The van der Waals surface area contributed by atoms with E-state index in [-0.39, 0.29) is 0 Å². The summed E-state index contributed by atoms with van der Waals surface area (Å²) in [5.74, 6) is 2.14. The van der Waals surface area contributed by atoms with Crippen LogP contribution in [0.3, 0.4) is 0 Å². The van der Waals surface area contributed by atoms with Crippen LogP contribution in [-0.2, 0) is 0 Å². The molecule has 0 amide bonds. The van der Waals surface area contributed by atoms with Crippen LogP contribution >= 0.6 is 0 Å². The second kappa shape index (κ2) is 7.85. The summed E-state index contributed by atoms with van der Waals surface area (Å²) in [6, 6.07) is 5.93. The Balaban J connectivity index is 3.04. The molecular weight excluding hydrogens is 238 g/mol. The Labute approximate surface area is 116 Å². The average molecular weight is 263 g/mol. The monoisotopic (exact) mass is 263 g/mol. The molecule has 0 radical (unpaired) electrons. The van der Waals surface area contributed by atoms with E-state index in [2.05, 4.69) is 32.2 Å². The minimum absolute atomic E-state index is 0.510. The fourth-order valence-electron chi connectivity index (χ4n) is 1.82. The first-order chi connectivity index (χ1) is 9.10. The maximum atomic E-state index is 5.30. The molecule has 1 N–H and O–H groups in total. The molecule has 0 unspecified atom stereocenters. The standard InChI is InChI=1S/C16H25NO2/c1-6-17-11-14(12(2)3)7-13-8-15(18-4)10-16(9-13)19-5/h7-10,12,17H,6,11H2,1-5H3. The van der Waals surface area contributed by atoms with Gasteiger partial charge >= 0.3 is 0 Å². The largest absolute Gasteiger partial charge is 0.497 e. The molecule has 1 aromatic rings. The first kappa shape index (κ1) is 15.6. The predicted molar refractivity (Wildman–Crippen MR) is 80.9 cm³/mol. The molecular formula is C16H25NO2. The molecule has 0 aliphatic rings. The highest BCUT2D eigenvalue weighted by Gasteiger charge is 2.05. The molecule has 0 saturated heterocycles. The highest BCUT2D eigenvalue weighted by Crippen LogP contribution is 2.25. The zero-order valence-electron chi connectivity index (χ0n) is 12.6. The number of nitrogens with one attached hydrogen (secondary N) is 1. The summed E-state index contributed by atoms with van der Waals surface area (Å²) in [5, 5.41) is 3.38. The second-order valence-electron chi connectivity index (χ2n) is 4.80. The van der Waals surface area contributed by atoms with Crippen molar-refractivity contribution in [3.05, 3.63) is 29.3 Å². The minimum Gasteiger partial charge on any atom is -0.497 e. The van der Waals surface area contributed by atoms with E-state index < -0.39 is 0 Å². The molecule has 0 aliphatic heterocycles. The van der Waals surface area contributed by atoms with Gasteiger partial charge in [0.1, 0.15) is 11.5 Å². The highest BCUT2D eigenvalue weighted by atomic mass is 16.5. The van der Waals surface area contributed by atoms with Gasteiger partial charge in [-0.25, -0.2) is 0 Å². The molecule has 3 nitrogen and oxygen atoms in total. The number of methoxy groups -OCH3 is 2. The third-order valence-corrected chi connectivity index (χ3v) is 3.05. The van der Waals surface area contributed by atoms with Crippen molar-refractivity contribution in [1.29, 1.82) is 0 Å². The van der Waals surface area contributed by atoms with Crippen molar-refractivity contribution in [1.82, 2.24) is 5.32 Å². The van der Waals surface area contributed by atoms with Gasteiger partial charge in [0.05, 0.1) is 14.2 Å². The van der Waals surface area contributed by atoms with Crippen LogP contribution in [0.5, 0.6) is 11.5 Å². The first-order valence-electron chi connectivity index (χ1n) is 6.75. The quantitative estimate of drug-likeness (QED) is 0.818.